The fraction of sp³-hybridized carbons (Fsp3) is 0.667. The molecule has 1 unspecified atom stereocenters. The number of hydrogen-bond donors (Lipinski definition) is 5. The maximum absolute atomic E-state index is 9.45. The van der Waals surface area contributed by atoms with E-state index in [4.69, 9.17) is 29.5 Å². The number of carboxylic acid groups (broad SMARTS) is 1. The van der Waals surface area contributed by atoms with Crippen molar-refractivity contribution in [1.29, 1.82) is 0 Å². The molecular weight excluding hydrogens is 258 g/mol. The molecule has 0 aromatic heterocycles. The molecule has 0 aliphatic rings. The fourth-order valence-electron chi connectivity index (χ4n) is 0. The first-order valence-corrected chi connectivity index (χ1v) is 3.90. The van der Waals surface area contributed by atoms with Crippen molar-refractivity contribution in [1.82, 2.24) is 0 Å². The van der Waals surface area contributed by atoms with Gasteiger partial charge < -0.3 is 24.9 Å². The summed E-state index contributed by atoms with van der Waals surface area (Å²) in [5.41, 5.74) is 0. The number of carbonyl (C=O) groups is 1. The Labute approximate surface area is 147 Å². The first-order chi connectivity index (χ1) is 4.64. The van der Waals surface area contributed by atoms with Crippen LogP contribution in [0.15, 0.2) is 0 Å². The van der Waals surface area contributed by atoms with E-state index in [0.717, 1.165) is 0 Å². The first-order valence-electron chi connectivity index (χ1n) is 2.33. The molecule has 5 N–H and O–H groups in total. The molecule has 0 heterocycles. The molecule has 10 heteroatoms. The molecule has 0 saturated carbocycles. The molecule has 0 aliphatic heterocycles. The van der Waals surface area contributed by atoms with Gasteiger partial charge in [0.1, 0.15) is 6.10 Å². The van der Waals surface area contributed by atoms with Crippen molar-refractivity contribution >= 4 is 103 Å². The predicted octanol–water partition coefficient (Wildman–Crippen LogP) is -3.04. The summed E-state index contributed by atoms with van der Waals surface area (Å²) in [6.07, 6.45) is -1.23. The minimum absolute atomic E-state index is 0. The Hall–Kier alpha value is 2.44. The van der Waals surface area contributed by atoms with Gasteiger partial charge in [-0.25, -0.2) is 9.36 Å². The van der Waals surface area contributed by atoms with E-state index in [1.54, 1.807) is 0 Å². The SMILES string of the molecule is CC(O)C(=O)O.O=P(O)(O)O.[CaH2].[KH]. The van der Waals surface area contributed by atoms with Crippen LogP contribution in [0.5, 0.6) is 0 Å². The number of aliphatic hydroxyl groups excluding tert-OH is 1. The predicted molar refractivity (Wildman–Crippen MR) is 49.3 cm³/mol. The molecule has 0 spiro atoms. The molecular formula is C3H12CaKO7P. The number of phosphoric acid groups is 1. The van der Waals surface area contributed by atoms with Gasteiger partial charge in [-0.3, -0.25) is 0 Å². The van der Waals surface area contributed by atoms with E-state index in [2.05, 4.69) is 0 Å². The van der Waals surface area contributed by atoms with Crippen molar-refractivity contribution in [3.63, 3.8) is 0 Å². The van der Waals surface area contributed by atoms with Crippen LogP contribution in [0.2, 0.25) is 0 Å². The van der Waals surface area contributed by atoms with Crippen molar-refractivity contribution in [2.75, 3.05) is 0 Å². The van der Waals surface area contributed by atoms with Crippen LogP contribution < -0.4 is 0 Å². The van der Waals surface area contributed by atoms with Crippen LogP contribution in [-0.4, -0.2) is 126 Å². The average molecular weight is 270 g/mol. The van der Waals surface area contributed by atoms with Crippen LogP contribution in [0.4, 0.5) is 0 Å². The second-order valence-corrected chi connectivity index (χ2v) is 2.55. The van der Waals surface area contributed by atoms with E-state index in [9.17, 15) is 4.79 Å². The second kappa shape index (κ2) is 12.5. The number of hydrogen-bond acceptors (Lipinski definition) is 3. The Balaban J connectivity index is -0.0000000546. The van der Waals surface area contributed by atoms with E-state index in [1.807, 2.05) is 0 Å². The molecule has 0 aliphatic carbocycles. The topological polar surface area (TPSA) is 135 Å². The van der Waals surface area contributed by atoms with Crippen molar-refractivity contribution < 1.29 is 34.3 Å². The van der Waals surface area contributed by atoms with Gasteiger partial charge in [0.25, 0.3) is 0 Å². The van der Waals surface area contributed by atoms with E-state index < -0.39 is 19.9 Å². The van der Waals surface area contributed by atoms with Gasteiger partial charge in [0.05, 0.1) is 0 Å². The Morgan fingerprint density at radius 3 is 1.38 bits per heavy atom. The van der Waals surface area contributed by atoms with Crippen LogP contribution in [0, 0.1) is 0 Å². The summed E-state index contributed by atoms with van der Waals surface area (Å²) in [7, 11) is -4.64. The minimum atomic E-state index is -4.64. The molecule has 0 fully saturated rings. The summed E-state index contributed by atoms with van der Waals surface area (Å²) in [6, 6.07) is 0. The van der Waals surface area contributed by atoms with Gasteiger partial charge >= 0.3 is 103 Å². The van der Waals surface area contributed by atoms with E-state index >= 15 is 0 Å². The molecule has 0 saturated heterocycles. The summed E-state index contributed by atoms with van der Waals surface area (Å²) in [5.74, 6) is -1.19. The van der Waals surface area contributed by atoms with Crippen LogP contribution in [0.25, 0.3) is 0 Å². The molecule has 74 valence electrons. The second-order valence-electron chi connectivity index (χ2n) is 1.53. The molecule has 0 rings (SSSR count). The van der Waals surface area contributed by atoms with Gasteiger partial charge in [0.15, 0.2) is 0 Å². The van der Waals surface area contributed by atoms with Crippen molar-refractivity contribution in [3.05, 3.63) is 0 Å². The zero-order valence-electron chi connectivity index (χ0n) is 5.58. The Morgan fingerprint density at radius 2 is 1.38 bits per heavy atom. The van der Waals surface area contributed by atoms with Crippen molar-refractivity contribution in [3.8, 4) is 0 Å². The molecule has 0 amide bonds. The van der Waals surface area contributed by atoms with Crippen LogP contribution in [0.1, 0.15) is 6.92 Å². The third-order valence-electron chi connectivity index (χ3n) is 0.357. The Morgan fingerprint density at radius 1 is 1.31 bits per heavy atom. The standard InChI is InChI=1S/C3H6O3.Ca.K.H3O4P.3H/c1-2(4)3(5)6;;;1-5(2,3)4;;;/h2,4H,1H3,(H,5,6);;;(H3,1,2,3,4);;;. The van der Waals surface area contributed by atoms with Crippen LogP contribution in [0.3, 0.4) is 0 Å². The number of carboxylic acids is 1. The van der Waals surface area contributed by atoms with Gasteiger partial charge in [0, 0.05) is 0 Å². The summed E-state index contributed by atoms with van der Waals surface area (Å²) in [5, 5.41) is 15.8. The number of aliphatic hydroxyl groups is 1. The molecule has 7 nitrogen and oxygen atoms in total. The van der Waals surface area contributed by atoms with Gasteiger partial charge in [-0.05, 0) is 6.92 Å². The van der Waals surface area contributed by atoms with Gasteiger partial charge in [-0.1, -0.05) is 0 Å². The van der Waals surface area contributed by atoms with Crippen LogP contribution >= 0.6 is 7.82 Å². The zero-order valence-corrected chi connectivity index (χ0v) is 6.47. The van der Waals surface area contributed by atoms with Gasteiger partial charge in [-0.2, -0.15) is 0 Å². The molecule has 0 bridgehead atoms. The fourth-order valence-corrected chi connectivity index (χ4v) is 0. The summed E-state index contributed by atoms with van der Waals surface area (Å²) < 4.78 is 8.88. The zero-order chi connectivity index (χ0) is 9.65. The van der Waals surface area contributed by atoms with Crippen molar-refractivity contribution in [2.45, 2.75) is 13.0 Å². The Kier molecular flexibility index (Phi) is 23.7. The first kappa shape index (κ1) is 24.6. The quantitative estimate of drug-likeness (QED) is 0.252. The summed E-state index contributed by atoms with van der Waals surface area (Å²) in [4.78, 5) is 31.0. The number of rotatable bonds is 1. The van der Waals surface area contributed by atoms with E-state index in [1.165, 1.54) is 6.92 Å². The van der Waals surface area contributed by atoms with E-state index in [0.29, 0.717) is 0 Å². The molecule has 0 aromatic carbocycles. The average Bonchev–Trinajstić information content (AvgIpc) is 1.59. The molecule has 0 aromatic rings. The maximum atomic E-state index is 9.45. The van der Waals surface area contributed by atoms with Gasteiger partial charge in [0.2, 0.25) is 0 Å². The third-order valence-corrected chi connectivity index (χ3v) is 0.357. The molecule has 13 heavy (non-hydrogen) atoms. The van der Waals surface area contributed by atoms with Gasteiger partial charge in [-0.15, -0.1) is 0 Å². The molecule has 1 atom stereocenters. The third kappa shape index (κ3) is 53.9. The summed E-state index contributed by atoms with van der Waals surface area (Å²) in [6.45, 7) is 1.20. The van der Waals surface area contributed by atoms with Crippen LogP contribution in [-0.2, 0) is 9.36 Å². The normalized spacial score (nSPS) is 10.8. The van der Waals surface area contributed by atoms with E-state index in [-0.39, 0.29) is 89.1 Å². The Bertz CT molecular complexity index is 159. The monoisotopic (exact) mass is 270 g/mol. The number of aliphatic carboxylic acids is 1. The van der Waals surface area contributed by atoms with Crippen molar-refractivity contribution in [2.24, 2.45) is 0 Å². The molecule has 0 radical (unpaired) electrons. The summed E-state index contributed by atoms with van der Waals surface area (Å²) >= 11 is 0.